The maximum absolute atomic E-state index is 15.2. The van der Waals surface area contributed by atoms with Crippen LogP contribution in [0, 0.1) is 5.82 Å². The van der Waals surface area contributed by atoms with Crippen molar-refractivity contribution < 1.29 is 24.2 Å². The number of phenolic OH excluding ortho intramolecular Hbond substituents is 1. The van der Waals surface area contributed by atoms with Gasteiger partial charge >= 0.3 is 5.69 Å². The first-order chi connectivity index (χ1) is 20.6. The third-order valence-corrected chi connectivity index (χ3v) is 8.95. The topological polar surface area (TPSA) is 115 Å². The van der Waals surface area contributed by atoms with Gasteiger partial charge in [0.05, 0.1) is 27.7 Å². The number of piperazine rings is 2. The van der Waals surface area contributed by atoms with Gasteiger partial charge in [-0.3, -0.25) is 14.3 Å². The number of aromatic nitrogens is 2. The van der Waals surface area contributed by atoms with Crippen LogP contribution in [0.15, 0.2) is 41.7 Å². The van der Waals surface area contributed by atoms with Gasteiger partial charge in [0.25, 0.3) is 0 Å². The molecule has 2 aromatic carbocycles. The maximum Gasteiger partial charge on any atom is 0.350 e. The number of ether oxygens (including phenoxy) is 1. The van der Waals surface area contributed by atoms with Crippen molar-refractivity contribution in [1.82, 2.24) is 24.4 Å². The van der Waals surface area contributed by atoms with E-state index in [1.807, 2.05) is 18.7 Å². The van der Waals surface area contributed by atoms with Crippen LogP contribution in [0.1, 0.15) is 19.9 Å². The number of aromatic hydroxyl groups is 1. The number of nitrogens with zero attached hydrogens (tertiary/aromatic N) is 6. The molecular formula is C30H34ClFN6O5. The van der Waals surface area contributed by atoms with Crippen molar-refractivity contribution in [3.05, 3.63) is 58.2 Å². The summed E-state index contributed by atoms with van der Waals surface area (Å²) in [6, 6.07) is 4.84. The number of carbonyl (C=O) groups is 1. The fraction of sp³-hybridized carbons (Fsp3) is 0.433. The molecule has 3 aromatic rings. The lowest BCUT2D eigenvalue weighted by Gasteiger charge is -2.45. The SMILES string of the molecule is C=CC(=O)N1C[C@H](C)N(c2nc(=O)n3c4c(c(-c5c(O)cccc5F)c(Cl)cc24)OC[C@@H]3CN2CCN(O)CC2)C[C@H]1C. The predicted molar refractivity (Wildman–Crippen MR) is 161 cm³/mol. The quantitative estimate of drug-likeness (QED) is 0.420. The van der Waals surface area contributed by atoms with Gasteiger partial charge in [-0.15, -0.1) is 0 Å². The number of hydrogen-bond acceptors (Lipinski definition) is 9. The lowest BCUT2D eigenvalue weighted by molar-refractivity contribution is -0.128. The number of halogens is 2. The highest BCUT2D eigenvalue weighted by Gasteiger charge is 2.37. The Kier molecular flexibility index (Phi) is 7.80. The molecule has 2 fully saturated rings. The van der Waals surface area contributed by atoms with Gasteiger partial charge in [-0.1, -0.05) is 24.2 Å². The number of hydroxylamine groups is 2. The summed E-state index contributed by atoms with van der Waals surface area (Å²) in [7, 11) is 0. The molecule has 3 atom stereocenters. The summed E-state index contributed by atoms with van der Waals surface area (Å²) in [5.41, 5.74) is -0.0325. The lowest BCUT2D eigenvalue weighted by Crippen LogP contribution is -2.58. The predicted octanol–water partition coefficient (Wildman–Crippen LogP) is 3.11. The molecule has 0 aliphatic carbocycles. The monoisotopic (exact) mass is 612 g/mol. The van der Waals surface area contributed by atoms with Crippen LogP contribution in [0.25, 0.3) is 22.0 Å². The van der Waals surface area contributed by atoms with E-state index in [9.17, 15) is 19.9 Å². The molecular weight excluding hydrogens is 579 g/mol. The Bertz CT molecular complexity index is 1640. The normalized spacial score (nSPS) is 23.0. The molecule has 3 aliphatic rings. The van der Waals surface area contributed by atoms with E-state index in [4.69, 9.17) is 16.3 Å². The third kappa shape index (κ3) is 5.12. The van der Waals surface area contributed by atoms with E-state index in [1.54, 1.807) is 15.5 Å². The highest BCUT2D eigenvalue weighted by molar-refractivity contribution is 6.35. The average Bonchev–Trinajstić information content (AvgIpc) is 2.98. The van der Waals surface area contributed by atoms with Gasteiger partial charge in [-0.25, -0.2) is 9.18 Å². The largest absolute Gasteiger partial charge is 0.507 e. The number of carbonyl (C=O) groups excluding carboxylic acids is 1. The smallest absolute Gasteiger partial charge is 0.350 e. The molecule has 1 amide bonds. The van der Waals surface area contributed by atoms with E-state index >= 15 is 4.39 Å². The van der Waals surface area contributed by atoms with Crippen molar-refractivity contribution in [2.75, 3.05) is 57.3 Å². The van der Waals surface area contributed by atoms with Crippen molar-refractivity contribution in [1.29, 1.82) is 0 Å². The summed E-state index contributed by atoms with van der Waals surface area (Å²) in [5, 5.41) is 22.5. The van der Waals surface area contributed by atoms with Gasteiger partial charge < -0.3 is 24.9 Å². The molecule has 3 aliphatic heterocycles. The van der Waals surface area contributed by atoms with Gasteiger partial charge in [0.1, 0.15) is 24.0 Å². The highest BCUT2D eigenvalue weighted by atomic mass is 35.5. The molecule has 43 heavy (non-hydrogen) atoms. The number of amides is 1. The second-order valence-corrected chi connectivity index (χ2v) is 11.9. The first-order valence-electron chi connectivity index (χ1n) is 14.3. The minimum absolute atomic E-state index is 0.0979. The van der Waals surface area contributed by atoms with Crippen LogP contribution in [0.3, 0.4) is 0 Å². The number of rotatable bonds is 5. The first-order valence-corrected chi connectivity index (χ1v) is 14.7. The molecule has 4 heterocycles. The van der Waals surface area contributed by atoms with E-state index in [-0.39, 0.29) is 52.2 Å². The Balaban J connectivity index is 1.54. The van der Waals surface area contributed by atoms with Crippen LogP contribution in [0.5, 0.6) is 11.5 Å². The Morgan fingerprint density at radius 3 is 2.63 bits per heavy atom. The van der Waals surface area contributed by atoms with Crippen LogP contribution in [-0.2, 0) is 4.79 Å². The van der Waals surface area contributed by atoms with Crippen LogP contribution in [-0.4, -0.2) is 105 Å². The minimum atomic E-state index is -0.682. The summed E-state index contributed by atoms with van der Waals surface area (Å²) in [5.74, 6) is -0.565. The zero-order valence-corrected chi connectivity index (χ0v) is 24.8. The molecule has 1 aromatic heterocycles. The summed E-state index contributed by atoms with van der Waals surface area (Å²) in [6.45, 7) is 11.1. The van der Waals surface area contributed by atoms with E-state index in [1.165, 1.54) is 29.3 Å². The van der Waals surface area contributed by atoms with Crippen LogP contribution < -0.4 is 15.3 Å². The van der Waals surface area contributed by atoms with E-state index in [0.29, 0.717) is 62.5 Å². The van der Waals surface area contributed by atoms with Crippen molar-refractivity contribution in [2.45, 2.75) is 32.0 Å². The number of phenols is 1. The average molecular weight is 613 g/mol. The van der Waals surface area contributed by atoms with Crippen molar-refractivity contribution in [3.8, 4) is 22.6 Å². The number of benzene rings is 2. The zero-order chi connectivity index (χ0) is 30.6. The van der Waals surface area contributed by atoms with Crippen LogP contribution in [0.4, 0.5) is 10.2 Å². The molecule has 228 valence electrons. The first kappa shape index (κ1) is 29.4. The lowest BCUT2D eigenvalue weighted by atomic mass is 9.98. The fourth-order valence-electron chi connectivity index (χ4n) is 6.47. The van der Waals surface area contributed by atoms with Crippen molar-refractivity contribution in [2.24, 2.45) is 0 Å². The molecule has 0 unspecified atom stereocenters. The second kappa shape index (κ2) is 11.4. The van der Waals surface area contributed by atoms with E-state index < -0.39 is 17.5 Å². The van der Waals surface area contributed by atoms with Gasteiger partial charge in [0, 0.05) is 63.3 Å². The molecule has 0 saturated carbocycles. The molecule has 2 saturated heterocycles. The molecule has 11 nitrogen and oxygen atoms in total. The van der Waals surface area contributed by atoms with E-state index in [2.05, 4.69) is 16.5 Å². The van der Waals surface area contributed by atoms with Crippen molar-refractivity contribution >= 4 is 34.2 Å². The Labute approximate surface area is 252 Å². The molecule has 0 bridgehead atoms. The summed E-state index contributed by atoms with van der Waals surface area (Å²) < 4.78 is 23.1. The minimum Gasteiger partial charge on any atom is -0.507 e. The van der Waals surface area contributed by atoms with Gasteiger partial charge in [0.15, 0.2) is 5.75 Å². The molecule has 13 heteroatoms. The fourth-order valence-corrected chi connectivity index (χ4v) is 6.76. The standard InChI is InChI=1S/C30H34ClFN6O5/c1-4-24(40)36-13-18(3)37(14-17(36)2)29-20-12-21(31)25(26-22(32)6-5-7-23(26)39)28-27(20)38(30(41)33-29)19(16-43-28)15-34-8-10-35(42)11-9-34/h4-7,12,17-19,39,42H,1,8-11,13-16H2,2-3H3/t17-,18+,19+/m1/s1. The van der Waals surface area contributed by atoms with Gasteiger partial charge in [-0.05, 0) is 38.1 Å². The zero-order valence-electron chi connectivity index (χ0n) is 24.0. The van der Waals surface area contributed by atoms with Gasteiger partial charge in [0.2, 0.25) is 5.91 Å². The van der Waals surface area contributed by atoms with Crippen molar-refractivity contribution in [3.63, 3.8) is 0 Å². The Morgan fingerprint density at radius 1 is 1.19 bits per heavy atom. The Hall–Kier alpha value is -3.71. The third-order valence-electron chi connectivity index (χ3n) is 8.66. The maximum atomic E-state index is 15.2. The van der Waals surface area contributed by atoms with Gasteiger partial charge in [-0.2, -0.15) is 10.0 Å². The second-order valence-electron chi connectivity index (χ2n) is 11.4. The van der Waals surface area contributed by atoms with Crippen LogP contribution >= 0.6 is 11.6 Å². The number of hydrogen-bond donors (Lipinski definition) is 2. The molecule has 6 rings (SSSR count). The molecule has 2 N–H and O–H groups in total. The molecule has 0 spiro atoms. The summed E-state index contributed by atoms with van der Waals surface area (Å²) in [6.07, 6.45) is 1.29. The summed E-state index contributed by atoms with van der Waals surface area (Å²) in [4.78, 5) is 36.9. The van der Waals surface area contributed by atoms with Crippen LogP contribution in [0.2, 0.25) is 5.02 Å². The Morgan fingerprint density at radius 2 is 1.93 bits per heavy atom. The van der Waals surface area contributed by atoms with E-state index in [0.717, 1.165) is 0 Å². The molecule has 0 radical (unpaired) electrons. The number of anilines is 1. The summed E-state index contributed by atoms with van der Waals surface area (Å²) >= 11 is 6.86. The highest BCUT2D eigenvalue weighted by Crippen LogP contribution is 2.49.